The van der Waals surface area contributed by atoms with Crippen LogP contribution >= 0.6 is 0 Å². The van der Waals surface area contributed by atoms with Crippen LogP contribution in [0.5, 0.6) is 5.75 Å². The summed E-state index contributed by atoms with van der Waals surface area (Å²) in [5.74, 6) is -1.28. The molecular formula is C15H13FO3. The maximum Gasteiger partial charge on any atom is 0.338 e. The van der Waals surface area contributed by atoms with Crippen LogP contribution in [0.2, 0.25) is 0 Å². The largest absolute Gasteiger partial charge is 0.497 e. The van der Waals surface area contributed by atoms with Crippen LogP contribution in [0.4, 0.5) is 4.39 Å². The van der Waals surface area contributed by atoms with Crippen LogP contribution < -0.4 is 4.74 Å². The number of carboxylic acid groups (broad SMARTS) is 1. The van der Waals surface area contributed by atoms with E-state index in [1.807, 2.05) is 12.1 Å². The molecule has 4 heteroatoms. The first-order chi connectivity index (χ1) is 9.02. The van der Waals surface area contributed by atoms with E-state index in [1.54, 1.807) is 26.2 Å². The Hall–Kier alpha value is -2.36. The van der Waals surface area contributed by atoms with Crippen molar-refractivity contribution in [1.82, 2.24) is 0 Å². The smallest absolute Gasteiger partial charge is 0.338 e. The van der Waals surface area contributed by atoms with E-state index in [0.29, 0.717) is 16.9 Å². The number of hydrogen-bond donors (Lipinski definition) is 1. The van der Waals surface area contributed by atoms with Gasteiger partial charge in [-0.1, -0.05) is 12.1 Å². The second-order valence-electron chi connectivity index (χ2n) is 4.18. The van der Waals surface area contributed by atoms with Crippen molar-refractivity contribution in [2.24, 2.45) is 0 Å². The van der Waals surface area contributed by atoms with Crippen molar-refractivity contribution in [2.45, 2.75) is 6.92 Å². The van der Waals surface area contributed by atoms with E-state index in [0.717, 1.165) is 5.56 Å². The Morgan fingerprint density at radius 2 is 1.84 bits per heavy atom. The van der Waals surface area contributed by atoms with Crippen LogP contribution in [-0.4, -0.2) is 18.2 Å². The van der Waals surface area contributed by atoms with Crippen LogP contribution in [0.1, 0.15) is 15.9 Å². The molecule has 0 bridgehead atoms. The highest BCUT2D eigenvalue weighted by Crippen LogP contribution is 2.27. The maximum absolute atomic E-state index is 13.5. The van der Waals surface area contributed by atoms with E-state index in [4.69, 9.17) is 9.84 Å². The van der Waals surface area contributed by atoms with Gasteiger partial charge in [0, 0.05) is 0 Å². The molecule has 2 aromatic carbocycles. The summed E-state index contributed by atoms with van der Waals surface area (Å²) in [6.07, 6.45) is 0. The van der Waals surface area contributed by atoms with Crippen molar-refractivity contribution >= 4 is 5.97 Å². The third kappa shape index (κ3) is 2.57. The van der Waals surface area contributed by atoms with Crippen molar-refractivity contribution in [3.63, 3.8) is 0 Å². The first-order valence-corrected chi connectivity index (χ1v) is 5.71. The number of methoxy groups -OCH3 is 1. The van der Waals surface area contributed by atoms with Gasteiger partial charge in [-0.25, -0.2) is 9.18 Å². The number of hydrogen-bond acceptors (Lipinski definition) is 2. The molecule has 3 nitrogen and oxygen atoms in total. The standard InChI is InChI=1S/C15H13FO3/c1-9-7-14(16)13(15(17)18)8-12(9)10-3-5-11(19-2)6-4-10/h3-8H,1-2H3,(H,17,18). The van der Waals surface area contributed by atoms with Crippen molar-refractivity contribution in [1.29, 1.82) is 0 Å². The molecule has 0 unspecified atom stereocenters. The van der Waals surface area contributed by atoms with Gasteiger partial charge in [0.1, 0.15) is 11.6 Å². The van der Waals surface area contributed by atoms with E-state index in [9.17, 15) is 9.18 Å². The van der Waals surface area contributed by atoms with Gasteiger partial charge in [0.25, 0.3) is 0 Å². The molecule has 0 aromatic heterocycles. The summed E-state index contributed by atoms with van der Waals surface area (Å²) in [4.78, 5) is 11.0. The zero-order valence-corrected chi connectivity index (χ0v) is 10.6. The van der Waals surface area contributed by atoms with Gasteiger partial charge in [0.05, 0.1) is 12.7 Å². The van der Waals surface area contributed by atoms with E-state index in [2.05, 4.69) is 0 Å². The number of halogens is 1. The summed E-state index contributed by atoms with van der Waals surface area (Å²) in [7, 11) is 1.57. The monoisotopic (exact) mass is 260 g/mol. The van der Waals surface area contributed by atoms with Gasteiger partial charge < -0.3 is 9.84 Å². The first kappa shape index (κ1) is 13.1. The Labute approximate surface area is 110 Å². The average Bonchev–Trinajstić information content (AvgIpc) is 2.38. The lowest BCUT2D eigenvalue weighted by Crippen LogP contribution is -2.02. The predicted octanol–water partition coefficient (Wildman–Crippen LogP) is 3.51. The Morgan fingerprint density at radius 1 is 1.21 bits per heavy atom. The average molecular weight is 260 g/mol. The molecule has 0 fully saturated rings. The SMILES string of the molecule is COc1ccc(-c2cc(C(=O)O)c(F)cc2C)cc1. The minimum absolute atomic E-state index is 0.323. The molecule has 0 aliphatic rings. The number of ether oxygens (including phenoxy) is 1. The zero-order chi connectivity index (χ0) is 14.0. The highest BCUT2D eigenvalue weighted by Gasteiger charge is 2.14. The minimum atomic E-state index is -1.27. The van der Waals surface area contributed by atoms with Gasteiger partial charge in [0.15, 0.2) is 0 Å². The Morgan fingerprint density at radius 3 is 2.37 bits per heavy atom. The van der Waals surface area contributed by atoms with Gasteiger partial charge in [0.2, 0.25) is 0 Å². The number of rotatable bonds is 3. The lowest BCUT2D eigenvalue weighted by molar-refractivity contribution is 0.0692. The molecule has 1 N–H and O–H groups in total. The number of aromatic carboxylic acids is 1. The fourth-order valence-corrected chi connectivity index (χ4v) is 1.92. The van der Waals surface area contributed by atoms with Gasteiger partial charge in [-0.15, -0.1) is 0 Å². The molecule has 0 amide bonds. The molecule has 0 aliphatic carbocycles. The summed E-state index contributed by atoms with van der Waals surface area (Å²) in [5, 5.41) is 8.95. The van der Waals surface area contributed by atoms with Crippen LogP contribution in [0.15, 0.2) is 36.4 Å². The van der Waals surface area contributed by atoms with Crippen molar-refractivity contribution in [3.8, 4) is 16.9 Å². The molecule has 98 valence electrons. The molecule has 0 heterocycles. The van der Waals surface area contributed by atoms with Gasteiger partial charge >= 0.3 is 5.97 Å². The Bertz CT molecular complexity index is 618. The topological polar surface area (TPSA) is 46.5 Å². The molecule has 2 aromatic rings. The summed E-state index contributed by atoms with van der Waals surface area (Å²) in [5.41, 5.74) is 1.88. The highest BCUT2D eigenvalue weighted by atomic mass is 19.1. The van der Waals surface area contributed by atoms with Crippen molar-refractivity contribution in [2.75, 3.05) is 7.11 Å². The van der Waals surface area contributed by atoms with E-state index in [-0.39, 0.29) is 5.56 Å². The first-order valence-electron chi connectivity index (χ1n) is 5.71. The van der Waals surface area contributed by atoms with Crippen LogP contribution in [0.25, 0.3) is 11.1 Å². The van der Waals surface area contributed by atoms with Crippen molar-refractivity contribution in [3.05, 3.63) is 53.3 Å². The van der Waals surface area contributed by atoms with Crippen molar-refractivity contribution < 1.29 is 19.0 Å². The maximum atomic E-state index is 13.5. The lowest BCUT2D eigenvalue weighted by Gasteiger charge is -2.09. The highest BCUT2D eigenvalue weighted by molar-refractivity contribution is 5.90. The van der Waals surface area contributed by atoms with Gasteiger partial charge in [-0.2, -0.15) is 0 Å². The van der Waals surface area contributed by atoms with Crippen LogP contribution in [0, 0.1) is 12.7 Å². The molecule has 2 rings (SSSR count). The predicted molar refractivity (Wildman–Crippen MR) is 70.1 cm³/mol. The minimum Gasteiger partial charge on any atom is -0.497 e. The molecular weight excluding hydrogens is 247 g/mol. The molecule has 19 heavy (non-hydrogen) atoms. The molecule has 0 radical (unpaired) electrons. The molecule has 0 spiro atoms. The van der Waals surface area contributed by atoms with E-state index < -0.39 is 11.8 Å². The molecule has 0 atom stereocenters. The second-order valence-corrected chi connectivity index (χ2v) is 4.18. The normalized spacial score (nSPS) is 10.3. The quantitative estimate of drug-likeness (QED) is 0.918. The lowest BCUT2D eigenvalue weighted by atomic mass is 9.97. The van der Waals surface area contributed by atoms with Gasteiger partial charge in [-0.3, -0.25) is 0 Å². The molecule has 0 saturated heterocycles. The Kier molecular flexibility index (Phi) is 3.51. The summed E-state index contributed by atoms with van der Waals surface area (Å²) in [6.45, 7) is 1.74. The van der Waals surface area contributed by atoms with Crippen LogP contribution in [0.3, 0.4) is 0 Å². The third-order valence-electron chi connectivity index (χ3n) is 2.95. The number of carbonyl (C=O) groups is 1. The second kappa shape index (κ2) is 5.10. The molecule has 0 aliphatic heterocycles. The van der Waals surface area contributed by atoms with E-state index in [1.165, 1.54) is 12.1 Å². The summed E-state index contributed by atoms with van der Waals surface area (Å²) < 4.78 is 18.6. The fourth-order valence-electron chi connectivity index (χ4n) is 1.92. The van der Waals surface area contributed by atoms with Crippen LogP contribution in [-0.2, 0) is 0 Å². The van der Waals surface area contributed by atoms with E-state index >= 15 is 0 Å². The third-order valence-corrected chi connectivity index (χ3v) is 2.95. The summed E-state index contributed by atoms with van der Waals surface area (Å²) >= 11 is 0. The fraction of sp³-hybridized carbons (Fsp3) is 0.133. The molecule has 0 saturated carbocycles. The number of benzene rings is 2. The zero-order valence-electron chi connectivity index (χ0n) is 10.6. The Balaban J connectivity index is 2.54. The number of carboxylic acids is 1. The number of aryl methyl sites for hydroxylation is 1. The van der Waals surface area contributed by atoms with Gasteiger partial charge in [-0.05, 0) is 47.9 Å². The summed E-state index contributed by atoms with van der Waals surface area (Å²) in [6, 6.07) is 9.77.